The van der Waals surface area contributed by atoms with E-state index < -0.39 is 0 Å². The van der Waals surface area contributed by atoms with Gasteiger partial charge in [-0.05, 0) is 12.8 Å². The molecule has 0 aliphatic carbocycles. The molecule has 3 nitrogen and oxygen atoms in total. The van der Waals surface area contributed by atoms with Crippen molar-refractivity contribution >= 4 is 7.12 Å². The molecule has 0 heterocycles. The normalized spacial score (nSPS) is 12.1. The number of nitrogens with zero attached hydrogens (tertiary/aromatic N) is 1. The highest BCUT2D eigenvalue weighted by atomic mass is 16.6. The van der Waals surface area contributed by atoms with Crippen molar-refractivity contribution in [3.8, 4) is 6.07 Å². The van der Waals surface area contributed by atoms with Crippen LogP contribution in [0, 0.1) is 11.3 Å². The molecule has 0 radical (unpaired) electrons. The summed E-state index contributed by atoms with van der Waals surface area (Å²) in [6.07, 6.45) is 10.1. The van der Waals surface area contributed by atoms with Crippen LogP contribution in [-0.4, -0.2) is 20.3 Å². The van der Waals surface area contributed by atoms with Gasteiger partial charge in [-0.2, -0.15) is 5.26 Å². The van der Waals surface area contributed by atoms with E-state index in [9.17, 15) is 0 Å². The van der Waals surface area contributed by atoms with Gasteiger partial charge in [-0.15, -0.1) is 0 Å². The smallest absolute Gasteiger partial charge is 0.411 e. The third-order valence-corrected chi connectivity index (χ3v) is 3.44. The lowest BCUT2D eigenvalue weighted by molar-refractivity contribution is 0.182. The first kappa shape index (κ1) is 19.5. The van der Waals surface area contributed by atoms with Crippen LogP contribution in [0.4, 0.5) is 0 Å². The van der Waals surface area contributed by atoms with Crippen LogP contribution in [0.25, 0.3) is 0 Å². The molecule has 0 aromatic heterocycles. The highest BCUT2D eigenvalue weighted by molar-refractivity contribution is 6.46. The van der Waals surface area contributed by atoms with Crippen LogP contribution in [0.5, 0.6) is 0 Å². The molecule has 116 valence electrons. The van der Waals surface area contributed by atoms with Gasteiger partial charge in [0.2, 0.25) is 0 Å². The minimum atomic E-state index is -0.210. The molecule has 1 atom stereocenters. The van der Waals surface area contributed by atoms with Gasteiger partial charge in [-0.25, -0.2) is 0 Å². The first-order valence-electron chi connectivity index (χ1n) is 8.36. The maximum Gasteiger partial charge on any atom is 0.460 e. The lowest BCUT2D eigenvalue weighted by Gasteiger charge is -2.19. The van der Waals surface area contributed by atoms with Crippen molar-refractivity contribution in [2.45, 2.75) is 84.4 Å². The van der Waals surface area contributed by atoms with Crippen LogP contribution in [0.15, 0.2) is 0 Å². The SMILES string of the molecule is CCCCCCOB(OCCCCCC)C(C)CC#N. The van der Waals surface area contributed by atoms with Crippen LogP contribution in [-0.2, 0) is 9.31 Å². The van der Waals surface area contributed by atoms with E-state index in [-0.39, 0.29) is 12.9 Å². The predicted octanol–water partition coefficient (Wildman–Crippen LogP) is 4.97. The third-order valence-electron chi connectivity index (χ3n) is 3.44. The maximum atomic E-state index is 8.81. The molecule has 0 saturated carbocycles. The Morgan fingerprint density at radius 3 is 1.80 bits per heavy atom. The molecule has 0 aliphatic rings. The second-order valence-corrected chi connectivity index (χ2v) is 5.57. The van der Waals surface area contributed by atoms with Crippen molar-refractivity contribution < 1.29 is 9.31 Å². The second-order valence-electron chi connectivity index (χ2n) is 5.57. The number of hydrogen-bond acceptors (Lipinski definition) is 3. The van der Waals surface area contributed by atoms with Crippen molar-refractivity contribution in [3.05, 3.63) is 0 Å². The fourth-order valence-corrected chi connectivity index (χ4v) is 2.07. The summed E-state index contributed by atoms with van der Waals surface area (Å²) in [5.74, 6) is 0.150. The molecule has 0 spiro atoms. The lowest BCUT2D eigenvalue weighted by atomic mass is 9.71. The Hall–Kier alpha value is -0.525. The summed E-state index contributed by atoms with van der Waals surface area (Å²) in [5, 5.41) is 8.81. The van der Waals surface area contributed by atoms with Crippen LogP contribution in [0.3, 0.4) is 0 Å². The number of unbranched alkanes of at least 4 members (excludes halogenated alkanes) is 6. The summed E-state index contributed by atoms with van der Waals surface area (Å²) in [6.45, 7) is 7.94. The Balaban J connectivity index is 3.86. The van der Waals surface area contributed by atoms with E-state index >= 15 is 0 Å². The molecular formula is C16H32BNO2. The standard InChI is InChI=1S/C16H32BNO2/c1-4-6-8-10-14-19-17(16(3)12-13-18)20-15-11-9-7-5-2/h16H,4-12,14-15H2,1-3H3. The average Bonchev–Trinajstić information content (AvgIpc) is 2.44. The van der Waals surface area contributed by atoms with Crippen LogP contribution >= 0.6 is 0 Å². The number of rotatable bonds is 14. The van der Waals surface area contributed by atoms with Gasteiger partial charge in [0.25, 0.3) is 0 Å². The zero-order valence-electron chi connectivity index (χ0n) is 13.7. The molecule has 0 bridgehead atoms. The van der Waals surface area contributed by atoms with Crippen molar-refractivity contribution in [1.82, 2.24) is 0 Å². The molecule has 0 fully saturated rings. The summed E-state index contributed by atoms with van der Waals surface area (Å²) in [4.78, 5) is 0. The van der Waals surface area contributed by atoms with Crippen molar-refractivity contribution in [2.24, 2.45) is 0 Å². The van der Waals surface area contributed by atoms with Crippen LogP contribution in [0.2, 0.25) is 5.82 Å². The molecule has 4 heteroatoms. The van der Waals surface area contributed by atoms with Crippen molar-refractivity contribution in [2.75, 3.05) is 13.2 Å². The van der Waals surface area contributed by atoms with Crippen LogP contribution in [0.1, 0.15) is 78.6 Å². The molecule has 0 amide bonds. The molecular weight excluding hydrogens is 249 g/mol. The van der Waals surface area contributed by atoms with E-state index in [4.69, 9.17) is 14.6 Å². The summed E-state index contributed by atoms with van der Waals surface area (Å²) < 4.78 is 11.7. The van der Waals surface area contributed by atoms with Crippen LogP contribution < -0.4 is 0 Å². The molecule has 0 aromatic rings. The van der Waals surface area contributed by atoms with E-state index in [0.29, 0.717) is 6.42 Å². The second kappa shape index (κ2) is 14.9. The average molecular weight is 281 g/mol. The third kappa shape index (κ3) is 11.3. The molecule has 1 unspecified atom stereocenters. The monoisotopic (exact) mass is 281 g/mol. The van der Waals surface area contributed by atoms with Crippen molar-refractivity contribution in [3.63, 3.8) is 0 Å². The Labute approximate surface area is 126 Å². The summed E-state index contributed by atoms with van der Waals surface area (Å²) >= 11 is 0. The Morgan fingerprint density at radius 1 is 0.900 bits per heavy atom. The Kier molecular flexibility index (Phi) is 14.5. The highest BCUT2D eigenvalue weighted by Crippen LogP contribution is 2.17. The minimum absolute atomic E-state index is 0.150. The summed E-state index contributed by atoms with van der Waals surface area (Å²) in [6, 6.07) is 2.21. The topological polar surface area (TPSA) is 42.2 Å². The van der Waals surface area contributed by atoms with E-state index in [1.807, 2.05) is 6.92 Å². The van der Waals surface area contributed by atoms with E-state index in [1.54, 1.807) is 0 Å². The van der Waals surface area contributed by atoms with Gasteiger partial charge >= 0.3 is 7.12 Å². The Bertz CT molecular complexity index is 229. The van der Waals surface area contributed by atoms with Gasteiger partial charge in [0, 0.05) is 25.5 Å². The zero-order valence-corrected chi connectivity index (χ0v) is 13.7. The van der Waals surface area contributed by atoms with Gasteiger partial charge < -0.3 is 9.31 Å². The van der Waals surface area contributed by atoms with Gasteiger partial charge in [-0.1, -0.05) is 59.3 Å². The van der Waals surface area contributed by atoms with E-state index in [1.165, 1.54) is 38.5 Å². The van der Waals surface area contributed by atoms with Gasteiger partial charge in [-0.3, -0.25) is 0 Å². The Morgan fingerprint density at radius 2 is 1.40 bits per heavy atom. The number of nitriles is 1. The quantitative estimate of drug-likeness (QED) is 0.333. The van der Waals surface area contributed by atoms with E-state index in [0.717, 1.165) is 26.1 Å². The highest BCUT2D eigenvalue weighted by Gasteiger charge is 2.26. The summed E-state index contributed by atoms with van der Waals surface area (Å²) in [5.41, 5.74) is 0. The zero-order chi connectivity index (χ0) is 15.1. The van der Waals surface area contributed by atoms with Gasteiger partial charge in [0.15, 0.2) is 0 Å². The molecule has 0 saturated heterocycles. The maximum absolute atomic E-state index is 8.81. The molecule has 0 aromatic carbocycles. The van der Waals surface area contributed by atoms with Gasteiger partial charge in [0.05, 0.1) is 6.07 Å². The molecule has 0 aliphatic heterocycles. The summed E-state index contributed by atoms with van der Waals surface area (Å²) in [7, 11) is -0.210. The molecule has 0 rings (SSSR count). The first-order chi connectivity index (χ1) is 9.76. The molecule has 0 N–H and O–H groups in total. The fraction of sp³-hybridized carbons (Fsp3) is 0.938. The predicted molar refractivity (Wildman–Crippen MR) is 85.6 cm³/mol. The molecule has 20 heavy (non-hydrogen) atoms. The number of hydrogen-bond donors (Lipinski definition) is 0. The lowest BCUT2D eigenvalue weighted by Crippen LogP contribution is -2.28. The van der Waals surface area contributed by atoms with E-state index in [2.05, 4.69) is 19.9 Å². The van der Waals surface area contributed by atoms with Gasteiger partial charge in [0.1, 0.15) is 0 Å². The largest absolute Gasteiger partial charge is 0.460 e. The minimum Gasteiger partial charge on any atom is -0.411 e. The first-order valence-corrected chi connectivity index (χ1v) is 8.36. The van der Waals surface area contributed by atoms with Crippen molar-refractivity contribution in [1.29, 1.82) is 5.26 Å². The fourth-order valence-electron chi connectivity index (χ4n) is 2.07.